The van der Waals surface area contributed by atoms with Crippen molar-refractivity contribution in [2.24, 2.45) is 11.8 Å². The summed E-state index contributed by atoms with van der Waals surface area (Å²) in [5.41, 5.74) is 1.80. The summed E-state index contributed by atoms with van der Waals surface area (Å²) in [5, 5.41) is 15.1. The lowest BCUT2D eigenvalue weighted by molar-refractivity contribution is -0.129. The average molecular weight is 393 g/mol. The van der Waals surface area contributed by atoms with Crippen molar-refractivity contribution in [1.29, 1.82) is 5.26 Å². The lowest BCUT2D eigenvalue weighted by Gasteiger charge is -2.19. The summed E-state index contributed by atoms with van der Waals surface area (Å²) in [4.78, 5) is 38.3. The van der Waals surface area contributed by atoms with Crippen molar-refractivity contribution in [2.75, 3.05) is 24.7 Å². The molecule has 2 N–H and O–H groups in total. The lowest BCUT2D eigenvalue weighted by Crippen LogP contribution is -2.36. The summed E-state index contributed by atoms with van der Waals surface area (Å²) in [7, 11) is 3.33. The van der Waals surface area contributed by atoms with Crippen LogP contribution in [0.2, 0.25) is 0 Å². The smallest absolute Gasteiger partial charge is 0.244 e. The molecule has 9 nitrogen and oxygen atoms in total. The molecule has 0 saturated heterocycles. The van der Waals surface area contributed by atoms with E-state index in [1.54, 1.807) is 27.1 Å². The van der Waals surface area contributed by atoms with Gasteiger partial charge in [-0.3, -0.25) is 14.6 Å². The lowest BCUT2D eigenvalue weighted by atomic mass is 10.1. The van der Waals surface area contributed by atoms with Gasteiger partial charge in [-0.25, -0.2) is 9.97 Å². The predicted molar refractivity (Wildman–Crippen MR) is 108 cm³/mol. The number of nitrogens with zero attached hydrogens (tertiary/aromatic N) is 5. The second-order valence-electron chi connectivity index (χ2n) is 7.43. The van der Waals surface area contributed by atoms with Crippen LogP contribution in [0.5, 0.6) is 0 Å². The van der Waals surface area contributed by atoms with E-state index >= 15 is 0 Å². The molecule has 3 atom stereocenters. The summed E-state index contributed by atoms with van der Waals surface area (Å²) < 4.78 is 0. The molecule has 1 fully saturated rings. The number of pyridine rings is 1. The zero-order chi connectivity index (χ0) is 21.1. The molecular weight excluding hydrogens is 370 g/mol. The number of carbonyl (C=O) groups is 2. The highest BCUT2D eigenvalue weighted by atomic mass is 16.2. The Bertz CT molecular complexity index is 966. The number of anilines is 2. The number of hydrogen-bond acceptors (Lipinski definition) is 7. The highest BCUT2D eigenvalue weighted by Gasteiger charge is 2.39. The molecule has 0 bridgehead atoms. The van der Waals surface area contributed by atoms with Gasteiger partial charge in [-0.15, -0.1) is 0 Å². The zero-order valence-electron chi connectivity index (χ0n) is 16.8. The summed E-state index contributed by atoms with van der Waals surface area (Å²) in [6.45, 7) is 3.75. The van der Waals surface area contributed by atoms with Gasteiger partial charge in [0.1, 0.15) is 12.1 Å². The van der Waals surface area contributed by atoms with E-state index in [9.17, 15) is 14.9 Å². The predicted octanol–water partition coefficient (Wildman–Crippen LogP) is 1.89. The molecule has 2 aromatic heterocycles. The van der Waals surface area contributed by atoms with Gasteiger partial charge in [-0.05, 0) is 25.3 Å². The normalized spacial score (nSPS) is 18.3. The van der Waals surface area contributed by atoms with Gasteiger partial charge in [0.05, 0.1) is 23.8 Å². The highest BCUT2D eigenvalue weighted by Crippen LogP contribution is 2.38. The van der Waals surface area contributed by atoms with Crippen LogP contribution in [0.1, 0.15) is 26.0 Å². The molecule has 150 valence electrons. The first-order chi connectivity index (χ1) is 13.8. The molecule has 1 aliphatic carbocycles. The summed E-state index contributed by atoms with van der Waals surface area (Å²) in [5.74, 6) is 0.706. The zero-order valence-corrected chi connectivity index (χ0v) is 16.8. The first kappa shape index (κ1) is 20.2. The second-order valence-corrected chi connectivity index (χ2v) is 7.43. The van der Waals surface area contributed by atoms with E-state index in [0.29, 0.717) is 28.7 Å². The van der Waals surface area contributed by atoms with E-state index in [4.69, 9.17) is 0 Å². The van der Waals surface area contributed by atoms with Crippen LogP contribution in [0.15, 0.2) is 24.7 Å². The molecule has 0 radical (unpaired) electrons. The second kappa shape index (κ2) is 8.22. The van der Waals surface area contributed by atoms with Crippen LogP contribution in [0, 0.1) is 23.2 Å². The molecule has 0 aromatic carbocycles. The number of hydrogen-bond donors (Lipinski definition) is 2. The molecule has 9 heteroatoms. The van der Waals surface area contributed by atoms with Crippen molar-refractivity contribution in [3.8, 4) is 17.3 Å². The maximum atomic E-state index is 12.1. The van der Waals surface area contributed by atoms with Gasteiger partial charge in [0.25, 0.3) is 0 Å². The molecule has 0 aliphatic heterocycles. The van der Waals surface area contributed by atoms with Gasteiger partial charge in [0.2, 0.25) is 11.8 Å². The van der Waals surface area contributed by atoms with E-state index in [1.165, 1.54) is 23.5 Å². The minimum absolute atomic E-state index is 0.0365. The van der Waals surface area contributed by atoms with Gasteiger partial charge < -0.3 is 15.5 Å². The third-order valence-corrected chi connectivity index (χ3v) is 4.82. The minimum atomic E-state index is -0.525. The monoisotopic (exact) mass is 393 g/mol. The number of nitriles is 1. The Morgan fingerprint density at radius 1 is 1.24 bits per heavy atom. The first-order valence-electron chi connectivity index (χ1n) is 9.31. The molecule has 0 spiro atoms. The molecule has 3 rings (SSSR count). The Kier molecular flexibility index (Phi) is 5.73. The Morgan fingerprint density at radius 2 is 1.97 bits per heavy atom. The van der Waals surface area contributed by atoms with Crippen molar-refractivity contribution in [2.45, 2.75) is 26.3 Å². The quantitative estimate of drug-likeness (QED) is 0.768. The average Bonchev–Trinajstić information content (AvgIpc) is 3.44. The molecule has 2 amide bonds. The fraction of sp³-hybridized carbons (Fsp3) is 0.400. The Morgan fingerprint density at radius 3 is 2.52 bits per heavy atom. The molecule has 2 aromatic rings. The van der Waals surface area contributed by atoms with E-state index in [-0.39, 0.29) is 23.4 Å². The fourth-order valence-electron chi connectivity index (χ4n) is 2.93. The fourth-order valence-corrected chi connectivity index (χ4v) is 2.93. The van der Waals surface area contributed by atoms with Crippen LogP contribution < -0.4 is 10.6 Å². The maximum absolute atomic E-state index is 12.1. The molecule has 1 saturated carbocycles. The minimum Gasteiger partial charge on any atom is -0.372 e. The number of aromatic nitrogens is 3. The Balaban J connectivity index is 1.77. The van der Waals surface area contributed by atoms with E-state index < -0.39 is 6.04 Å². The van der Waals surface area contributed by atoms with E-state index in [1.807, 2.05) is 13.0 Å². The van der Waals surface area contributed by atoms with Crippen molar-refractivity contribution >= 4 is 23.3 Å². The van der Waals surface area contributed by atoms with E-state index in [0.717, 1.165) is 6.42 Å². The summed E-state index contributed by atoms with van der Waals surface area (Å²) >= 11 is 0. The van der Waals surface area contributed by atoms with Crippen molar-refractivity contribution < 1.29 is 9.59 Å². The SMILES string of the molecule is C[C@H](Nc1cc(-c2cnc(NC(=O)[C@H]3C[C@@H]3C)cn2)cnc1C#N)C(=O)N(C)C. The number of amides is 2. The van der Waals surface area contributed by atoms with Crippen LogP contribution in [0.3, 0.4) is 0 Å². The maximum Gasteiger partial charge on any atom is 0.244 e. The molecule has 0 unspecified atom stereocenters. The first-order valence-corrected chi connectivity index (χ1v) is 9.31. The van der Waals surface area contributed by atoms with Crippen LogP contribution in [-0.2, 0) is 9.59 Å². The van der Waals surface area contributed by atoms with E-state index in [2.05, 4.69) is 25.6 Å². The van der Waals surface area contributed by atoms with Crippen molar-refractivity contribution in [3.05, 3.63) is 30.4 Å². The van der Waals surface area contributed by atoms with Crippen molar-refractivity contribution in [3.63, 3.8) is 0 Å². The van der Waals surface area contributed by atoms with Crippen LogP contribution >= 0.6 is 0 Å². The number of rotatable bonds is 6. The van der Waals surface area contributed by atoms with Gasteiger partial charge >= 0.3 is 0 Å². The molecule has 2 heterocycles. The van der Waals surface area contributed by atoms with Crippen LogP contribution in [0.4, 0.5) is 11.5 Å². The van der Waals surface area contributed by atoms with Crippen LogP contribution in [0.25, 0.3) is 11.3 Å². The number of carbonyl (C=O) groups excluding carboxylic acids is 2. The van der Waals surface area contributed by atoms with Gasteiger partial charge in [0.15, 0.2) is 11.5 Å². The van der Waals surface area contributed by atoms with Crippen molar-refractivity contribution in [1.82, 2.24) is 19.9 Å². The third kappa shape index (κ3) is 4.66. The molecule has 29 heavy (non-hydrogen) atoms. The number of nitrogens with one attached hydrogen (secondary N) is 2. The van der Waals surface area contributed by atoms with Gasteiger partial charge in [0, 0.05) is 31.8 Å². The van der Waals surface area contributed by atoms with Crippen LogP contribution in [-0.4, -0.2) is 51.8 Å². The number of likely N-dealkylation sites (N-methyl/N-ethyl adjacent to an activating group) is 1. The largest absolute Gasteiger partial charge is 0.372 e. The summed E-state index contributed by atoms with van der Waals surface area (Å²) in [6, 6.07) is 3.20. The van der Waals surface area contributed by atoms with Gasteiger partial charge in [-0.2, -0.15) is 5.26 Å². The summed E-state index contributed by atoms with van der Waals surface area (Å²) in [6.07, 6.45) is 5.45. The topological polar surface area (TPSA) is 124 Å². The Labute approximate surface area is 169 Å². The Hall–Kier alpha value is -3.54. The standard InChI is InChI=1S/C20H23N7O2/c1-11-5-14(11)19(28)26-18-10-23-17(9-24-18)13-6-15(16(7-21)22-8-13)25-12(2)20(29)27(3)4/h6,8-12,14,25H,5H2,1-4H3,(H,24,26,28)/t11-,12-,14-/m0/s1. The highest BCUT2D eigenvalue weighted by molar-refractivity contribution is 5.93. The molecule has 1 aliphatic rings. The molecular formula is C20H23N7O2. The van der Waals surface area contributed by atoms with Gasteiger partial charge in [-0.1, -0.05) is 6.92 Å². The third-order valence-electron chi connectivity index (χ3n) is 4.82.